The summed E-state index contributed by atoms with van der Waals surface area (Å²) in [6.07, 6.45) is 1.96. The van der Waals surface area contributed by atoms with Gasteiger partial charge in [0.1, 0.15) is 17.8 Å². The van der Waals surface area contributed by atoms with E-state index in [4.69, 9.17) is 9.26 Å². The molecule has 1 aliphatic heterocycles. The highest BCUT2D eigenvalue weighted by molar-refractivity contribution is 6.14. The number of anilines is 1. The van der Waals surface area contributed by atoms with Gasteiger partial charge in [-0.15, -0.1) is 0 Å². The number of Topliss-reactive ketones (excluding diaryl/α,β-unsaturated/α-hetero) is 2. The molecule has 9 heteroatoms. The zero-order valence-corrected chi connectivity index (χ0v) is 16.4. The molecular formula is C21H21N3O6. The molecule has 0 spiro atoms. The van der Waals surface area contributed by atoms with Gasteiger partial charge < -0.3 is 14.6 Å². The van der Waals surface area contributed by atoms with Gasteiger partial charge in [-0.1, -0.05) is 11.2 Å². The Balaban J connectivity index is 1.60. The van der Waals surface area contributed by atoms with Crippen LogP contribution in [0.4, 0.5) is 10.5 Å². The van der Waals surface area contributed by atoms with E-state index < -0.39 is 23.9 Å². The second-order valence-corrected chi connectivity index (χ2v) is 7.43. The number of carbonyl (C=O) groups excluding carboxylic acids is 4. The molecular weight excluding hydrogens is 390 g/mol. The Hall–Kier alpha value is -3.49. The fourth-order valence-corrected chi connectivity index (χ4v) is 3.90. The summed E-state index contributed by atoms with van der Waals surface area (Å²) < 4.78 is 10.3. The highest BCUT2D eigenvalue weighted by atomic mass is 16.6. The van der Waals surface area contributed by atoms with Crippen LogP contribution in [0.15, 0.2) is 35.0 Å². The first-order valence-corrected chi connectivity index (χ1v) is 9.77. The second kappa shape index (κ2) is 8.10. The molecule has 9 nitrogen and oxygen atoms in total. The summed E-state index contributed by atoms with van der Waals surface area (Å²) in [5.41, 5.74) is 2.10. The molecule has 0 saturated carbocycles. The number of amides is 2. The molecule has 2 heterocycles. The SMILES string of the molecule is CC(=O)NC[C@H]1CN(c2ccc3c(c2)CCCC(=O)[C@@H]3C(=O)c2ccno2)C(=O)O1. The monoisotopic (exact) mass is 411 g/mol. The van der Waals surface area contributed by atoms with Crippen LogP contribution in [-0.4, -0.2) is 47.9 Å². The molecule has 0 unspecified atom stereocenters. The molecule has 1 aliphatic carbocycles. The molecule has 2 aliphatic rings. The summed E-state index contributed by atoms with van der Waals surface area (Å²) in [6, 6.07) is 6.71. The van der Waals surface area contributed by atoms with E-state index in [-0.39, 0.29) is 24.0 Å². The van der Waals surface area contributed by atoms with E-state index in [0.29, 0.717) is 37.1 Å². The molecule has 156 valence electrons. The van der Waals surface area contributed by atoms with Gasteiger partial charge >= 0.3 is 6.09 Å². The van der Waals surface area contributed by atoms with Crippen LogP contribution in [0.1, 0.15) is 47.4 Å². The van der Waals surface area contributed by atoms with Gasteiger partial charge in [0.05, 0.1) is 19.3 Å². The maximum atomic E-state index is 12.9. The van der Waals surface area contributed by atoms with Crippen molar-refractivity contribution in [2.75, 3.05) is 18.0 Å². The number of rotatable bonds is 5. The number of aryl methyl sites for hydroxylation is 1. The Morgan fingerprint density at radius 3 is 2.80 bits per heavy atom. The maximum Gasteiger partial charge on any atom is 0.414 e. The van der Waals surface area contributed by atoms with Gasteiger partial charge in [-0.3, -0.25) is 19.3 Å². The number of hydrogen-bond acceptors (Lipinski definition) is 7. The molecule has 1 aromatic heterocycles. The predicted molar refractivity (Wildman–Crippen MR) is 104 cm³/mol. The van der Waals surface area contributed by atoms with E-state index in [1.54, 1.807) is 12.1 Å². The van der Waals surface area contributed by atoms with Gasteiger partial charge in [0.2, 0.25) is 17.5 Å². The number of aromatic nitrogens is 1. The zero-order valence-electron chi connectivity index (χ0n) is 16.4. The maximum absolute atomic E-state index is 12.9. The van der Waals surface area contributed by atoms with Gasteiger partial charge in [-0.2, -0.15) is 0 Å². The zero-order chi connectivity index (χ0) is 21.3. The average Bonchev–Trinajstić information content (AvgIpc) is 3.34. The highest BCUT2D eigenvalue weighted by Gasteiger charge is 2.36. The Kier molecular flexibility index (Phi) is 5.35. The summed E-state index contributed by atoms with van der Waals surface area (Å²) in [5.74, 6) is -1.65. The average molecular weight is 411 g/mol. The highest BCUT2D eigenvalue weighted by Crippen LogP contribution is 2.34. The summed E-state index contributed by atoms with van der Waals surface area (Å²) in [4.78, 5) is 50.4. The van der Waals surface area contributed by atoms with Crippen molar-refractivity contribution >= 4 is 29.3 Å². The largest absolute Gasteiger partial charge is 0.442 e. The molecule has 2 amide bonds. The fourth-order valence-electron chi connectivity index (χ4n) is 3.90. The molecule has 0 bridgehead atoms. The van der Waals surface area contributed by atoms with E-state index in [2.05, 4.69) is 10.5 Å². The lowest BCUT2D eigenvalue weighted by Gasteiger charge is -2.18. The topological polar surface area (TPSA) is 119 Å². The lowest BCUT2D eigenvalue weighted by Crippen LogP contribution is -2.33. The Labute approximate surface area is 172 Å². The molecule has 2 aromatic rings. The van der Waals surface area contributed by atoms with Crippen LogP contribution < -0.4 is 10.2 Å². The number of benzene rings is 1. The molecule has 30 heavy (non-hydrogen) atoms. The number of ketones is 2. The van der Waals surface area contributed by atoms with Crippen LogP contribution in [0.25, 0.3) is 0 Å². The van der Waals surface area contributed by atoms with Crippen molar-refractivity contribution in [3.8, 4) is 0 Å². The van der Waals surface area contributed by atoms with Crippen molar-refractivity contribution < 1.29 is 28.4 Å². The third-order valence-electron chi connectivity index (χ3n) is 5.34. The molecule has 0 radical (unpaired) electrons. The standard InChI is InChI=1S/C21H21N3O6/c1-12(25)22-10-15-11-24(21(28)29-15)14-5-6-16-13(9-14)3-2-4-17(26)19(16)20(27)18-7-8-23-30-18/h5-9,15,19H,2-4,10-11H2,1H3,(H,22,25)/t15-,19+/m0/s1. The molecule has 1 aromatic carbocycles. The third kappa shape index (κ3) is 3.83. The minimum Gasteiger partial charge on any atom is -0.442 e. The fraction of sp³-hybridized carbons (Fsp3) is 0.381. The number of carbonyl (C=O) groups is 4. The first-order chi connectivity index (χ1) is 14.4. The normalized spacial score (nSPS) is 21.0. The summed E-state index contributed by atoms with van der Waals surface area (Å²) in [6.45, 7) is 1.95. The Morgan fingerprint density at radius 2 is 2.07 bits per heavy atom. The number of nitrogens with one attached hydrogen (secondary N) is 1. The van der Waals surface area contributed by atoms with Crippen LogP contribution in [0.5, 0.6) is 0 Å². The van der Waals surface area contributed by atoms with Crippen LogP contribution in [0.3, 0.4) is 0 Å². The summed E-state index contributed by atoms with van der Waals surface area (Å²) >= 11 is 0. The van der Waals surface area contributed by atoms with Crippen molar-refractivity contribution in [3.63, 3.8) is 0 Å². The van der Waals surface area contributed by atoms with Gasteiger partial charge in [0, 0.05) is 25.1 Å². The van der Waals surface area contributed by atoms with Gasteiger partial charge in [0.15, 0.2) is 0 Å². The lowest BCUT2D eigenvalue weighted by molar-refractivity contribution is -0.120. The van der Waals surface area contributed by atoms with E-state index in [9.17, 15) is 19.2 Å². The first kappa shape index (κ1) is 19.8. The quantitative estimate of drug-likeness (QED) is 0.454. The van der Waals surface area contributed by atoms with E-state index in [1.807, 2.05) is 6.07 Å². The van der Waals surface area contributed by atoms with Crippen LogP contribution >= 0.6 is 0 Å². The number of fused-ring (bicyclic) bond motifs is 1. The minimum atomic E-state index is -0.942. The molecule has 1 saturated heterocycles. The van der Waals surface area contributed by atoms with Crippen LogP contribution in [0, 0.1) is 0 Å². The van der Waals surface area contributed by atoms with Crippen molar-refractivity contribution in [3.05, 3.63) is 47.3 Å². The van der Waals surface area contributed by atoms with E-state index in [1.165, 1.54) is 24.1 Å². The minimum absolute atomic E-state index is 0.0502. The van der Waals surface area contributed by atoms with Crippen molar-refractivity contribution in [1.82, 2.24) is 10.5 Å². The lowest BCUT2D eigenvalue weighted by atomic mass is 9.87. The van der Waals surface area contributed by atoms with Gasteiger partial charge in [0.25, 0.3) is 0 Å². The first-order valence-electron chi connectivity index (χ1n) is 9.77. The van der Waals surface area contributed by atoms with Gasteiger partial charge in [-0.25, -0.2) is 4.79 Å². The Bertz CT molecular complexity index is 1000. The third-order valence-corrected chi connectivity index (χ3v) is 5.34. The number of hydrogen-bond donors (Lipinski definition) is 1. The Morgan fingerprint density at radius 1 is 1.23 bits per heavy atom. The summed E-state index contributed by atoms with van der Waals surface area (Å²) in [7, 11) is 0. The van der Waals surface area contributed by atoms with Crippen LogP contribution in [0.2, 0.25) is 0 Å². The van der Waals surface area contributed by atoms with E-state index >= 15 is 0 Å². The number of cyclic esters (lactones) is 1. The van der Waals surface area contributed by atoms with Gasteiger partial charge in [-0.05, 0) is 36.1 Å². The predicted octanol–water partition coefficient (Wildman–Crippen LogP) is 2.01. The van der Waals surface area contributed by atoms with Crippen molar-refractivity contribution in [2.24, 2.45) is 0 Å². The molecule has 4 rings (SSSR count). The smallest absolute Gasteiger partial charge is 0.414 e. The molecule has 1 fully saturated rings. The number of nitrogens with zero attached hydrogens (tertiary/aromatic N) is 2. The molecule has 2 atom stereocenters. The second-order valence-electron chi connectivity index (χ2n) is 7.43. The van der Waals surface area contributed by atoms with Crippen molar-refractivity contribution in [2.45, 2.75) is 38.2 Å². The number of ether oxygens (including phenoxy) is 1. The summed E-state index contributed by atoms with van der Waals surface area (Å²) in [5, 5.41) is 6.20. The van der Waals surface area contributed by atoms with E-state index in [0.717, 1.165) is 5.56 Å². The van der Waals surface area contributed by atoms with Crippen molar-refractivity contribution in [1.29, 1.82) is 0 Å². The molecule has 1 N–H and O–H groups in total. The van der Waals surface area contributed by atoms with Crippen LogP contribution in [-0.2, 0) is 20.7 Å².